The van der Waals surface area contributed by atoms with E-state index in [-0.39, 0.29) is 0 Å². The summed E-state index contributed by atoms with van der Waals surface area (Å²) in [7, 11) is 2.06. The van der Waals surface area contributed by atoms with E-state index in [1.807, 2.05) is 0 Å². The average molecular weight is 254 g/mol. The quantitative estimate of drug-likeness (QED) is 0.830. The first-order chi connectivity index (χ1) is 8.45. The third-order valence-corrected chi connectivity index (χ3v) is 4.79. The second kappa shape index (κ2) is 5.48. The van der Waals surface area contributed by atoms with Gasteiger partial charge in [-0.3, -0.25) is 0 Å². The summed E-state index contributed by atoms with van der Waals surface area (Å²) in [4.78, 5) is 2.67. The zero-order valence-corrected chi connectivity index (χ0v) is 12.6. The van der Waals surface area contributed by atoms with Crippen LogP contribution >= 0.6 is 0 Å². The van der Waals surface area contributed by atoms with Crippen LogP contribution in [0.5, 0.6) is 0 Å². The molecule has 106 valence electrons. The predicted molar refractivity (Wildman–Crippen MR) is 75.8 cm³/mol. The fraction of sp³-hybridized carbons (Fsp3) is 1.00. The first-order valence-electron chi connectivity index (χ1n) is 7.40. The van der Waals surface area contributed by atoms with Crippen LogP contribution in [0.15, 0.2) is 0 Å². The number of nitrogens with zero attached hydrogens (tertiary/aromatic N) is 1. The van der Waals surface area contributed by atoms with Gasteiger partial charge < -0.3 is 15.0 Å². The lowest BCUT2D eigenvalue weighted by Crippen LogP contribution is -2.43. The molecular weight excluding hydrogens is 224 g/mol. The normalized spacial score (nSPS) is 34.3. The highest BCUT2D eigenvalue weighted by molar-refractivity contribution is 4.92. The summed E-state index contributed by atoms with van der Waals surface area (Å²) in [6.45, 7) is 13.9. The largest absolute Gasteiger partial charge is 0.381 e. The highest BCUT2D eigenvalue weighted by atomic mass is 16.5. The highest BCUT2D eigenvalue weighted by Crippen LogP contribution is 2.36. The lowest BCUT2D eigenvalue weighted by Gasteiger charge is -2.33. The Morgan fingerprint density at radius 3 is 2.67 bits per heavy atom. The molecule has 2 rings (SSSR count). The Hall–Kier alpha value is -0.120. The van der Waals surface area contributed by atoms with E-state index in [2.05, 4.69) is 38.0 Å². The topological polar surface area (TPSA) is 24.5 Å². The van der Waals surface area contributed by atoms with Gasteiger partial charge >= 0.3 is 0 Å². The lowest BCUT2D eigenvalue weighted by atomic mass is 9.80. The number of hydrogen-bond acceptors (Lipinski definition) is 3. The number of ether oxygens (including phenoxy) is 1. The molecule has 2 atom stereocenters. The van der Waals surface area contributed by atoms with Gasteiger partial charge in [-0.2, -0.15) is 0 Å². The Bertz CT molecular complexity index is 266. The molecule has 0 amide bonds. The molecule has 3 heteroatoms. The smallest absolute Gasteiger partial charge is 0.0547 e. The lowest BCUT2D eigenvalue weighted by molar-refractivity contribution is 0.114. The highest BCUT2D eigenvalue weighted by Gasteiger charge is 2.39. The van der Waals surface area contributed by atoms with Crippen LogP contribution in [0.1, 0.15) is 33.6 Å². The first kappa shape index (κ1) is 14.3. The second-order valence-corrected chi connectivity index (χ2v) is 7.42. The van der Waals surface area contributed by atoms with Crippen molar-refractivity contribution >= 4 is 0 Å². The van der Waals surface area contributed by atoms with Gasteiger partial charge in [0.2, 0.25) is 0 Å². The Labute approximate surface area is 112 Å². The minimum atomic E-state index is 0.363. The summed E-state index contributed by atoms with van der Waals surface area (Å²) >= 11 is 0. The van der Waals surface area contributed by atoms with Crippen LogP contribution in [0.4, 0.5) is 0 Å². The van der Waals surface area contributed by atoms with E-state index in [1.54, 1.807) is 0 Å². The predicted octanol–water partition coefficient (Wildman–Crippen LogP) is 1.98. The number of likely N-dealkylation sites (tertiary alicyclic amines) is 1. The zero-order chi connectivity index (χ0) is 13.2. The molecule has 2 aliphatic rings. The molecule has 0 spiro atoms. The molecule has 2 fully saturated rings. The third kappa shape index (κ3) is 3.25. The molecule has 0 aromatic rings. The number of rotatable bonds is 4. The molecule has 0 bridgehead atoms. The maximum Gasteiger partial charge on any atom is 0.0547 e. The molecule has 0 aromatic heterocycles. The maximum atomic E-state index is 5.65. The molecule has 0 radical (unpaired) electrons. The van der Waals surface area contributed by atoms with Gasteiger partial charge in [0, 0.05) is 31.7 Å². The number of nitrogens with one attached hydrogen (secondary N) is 1. The van der Waals surface area contributed by atoms with Crippen LogP contribution in [-0.2, 0) is 4.74 Å². The Morgan fingerprint density at radius 2 is 2.17 bits per heavy atom. The van der Waals surface area contributed by atoms with Crippen molar-refractivity contribution in [1.82, 2.24) is 10.2 Å². The summed E-state index contributed by atoms with van der Waals surface area (Å²) in [5, 5.41) is 3.36. The number of hydrogen-bond donors (Lipinski definition) is 1. The summed E-state index contributed by atoms with van der Waals surface area (Å²) in [5.41, 5.74) is 0.818. The molecule has 2 saturated heterocycles. The van der Waals surface area contributed by atoms with Crippen LogP contribution in [-0.4, -0.2) is 51.3 Å². The van der Waals surface area contributed by atoms with E-state index in [0.717, 1.165) is 25.7 Å². The molecule has 0 aromatic carbocycles. The van der Waals surface area contributed by atoms with Crippen molar-refractivity contribution in [1.29, 1.82) is 0 Å². The van der Waals surface area contributed by atoms with Gasteiger partial charge in [-0.15, -0.1) is 0 Å². The van der Waals surface area contributed by atoms with Gasteiger partial charge in [0.1, 0.15) is 0 Å². The molecular formula is C15H30N2O. The first-order valence-corrected chi connectivity index (χ1v) is 7.40. The molecule has 0 aliphatic carbocycles. The van der Waals surface area contributed by atoms with E-state index in [9.17, 15) is 0 Å². The summed E-state index contributed by atoms with van der Waals surface area (Å²) < 4.78 is 5.65. The van der Waals surface area contributed by atoms with Crippen molar-refractivity contribution < 1.29 is 4.74 Å². The Balaban J connectivity index is 1.90. The molecule has 18 heavy (non-hydrogen) atoms. The van der Waals surface area contributed by atoms with E-state index < -0.39 is 0 Å². The van der Waals surface area contributed by atoms with Gasteiger partial charge in [0.15, 0.2) is 0 Å². The van der Waals surface area contributed by atoms with E-state index in [0.29, 0.717) is 10.8 Å². The van der Waals surface area contributed by atoms with Crippen LogP contribution in [0.3, 0.4) is 0 Å². The average Bonchev–Trinajstić information content (AvgIpc) is 2.88. The fourth-order valence-electron chi connectivity index (χ4n) is 3.50. The van der Waals surface area contributed by atoms with Crippen LogP contribution in [0.2, 0.25) is 0 Å². The molecule has 2 aliphatic heterocycles. The summed E-state index contributed by atoms with van der Waals surface area (Å²) in [6, 6.07) is 0. The summed E-state index contributed by atoms with van der Waals surface area (Å²) in [6.07, 6.45) is 2.57. The third-order valence-electron chi connectivity index (χ3n) is 4.79. The van der Waals surface area contributed by atoms with E-state index in [1.165, 1.54) is 32.5 Å². The van der Waals surface area contributed by atoms with Crippen molar-refractivity contribution in [3.63, 3.8) is 0 Å². The van der Waals surface area contributed by atoms with Gasteiger partial charge in [-0.25, -0.2) is 0 Å². The maximum absolute atomic E-state index is 5.65. The van der Waals surface area contributed by atoms with Crippen molar-refractivity contribution in [2.24, 2.45) is 16.7 Å². The Morgan fingerprint density at radius 1 is 1.39 bits per heavy atom. The van der Waals surface area contributed by atoms with Crippen molar-refractivity contribution in [3.05, 3.63) is 0 Å². The van der Waals surface area contributed by atoms with Crippen LogP contribution < -0.4 is 5.32 Å². The zero-order valence-electron chi connectivity index (χ0n) is 12.6. The van der Waals surface area contributed by atoms with Crippen LogP contribution in [0.25, 0.3) is 0 Å². The van der Waals surface area contributed by atoms with E-state index >= 15 is 0 Å². The van der Waals surface area contributed by atoms with Gasteiger partial charge in [0.05, 0.1) is 6.61 Å². The van der Waals surface area contributed by atoms with Crippen LogP contribution in [0, 0.1) is 16.7 Å². The van der Waals surface area contributed by atoms with Crippen molar-refractivity contribution in [2.45, 2.75) is 33.6 Å². The van der Waals surface area contributed by atoms with Crippen molar-refractivity contribution in [2.75, 3.05) is 46.4 Å². The standard InChI is InChI=1S/C15H30N2O/c1-14(2,3)13-5-7-17(9-13)11-15(10-16-4)6-8-18-12-15/h13,16H,5-12H2,1-4H3. The monoisotopic (exact) mass is 254 g/mol. The van der Waals surface area contributed by atoms with Crippen molar-refractivity contribution in [3.8, 4) is 0 Å². The van der Waals surface area contributed by atoms with Gasteiger partial charge in [-0.05, 0) is 37.8 Å². The second-order valence-electron chi connectivity index (χ2n) is 7.42. The Kier molecular flexibility index (Phi) is 4.35. The molecule has 0 saturated carbocycles. The van der Waals surface area contributed by atoms with Gasteiger partial charge in [-0.1, -0.05) is 20.8 Å². The minimum Gasteiger partial charge on any atom is -0.381 e. The fourth-order valence-corrected chi connectivity index (χ4v) is 3.50. The molecule has 1 N–H and O–H groups in total. The SMILES string of the molecule is CNCC1(CN2CCC(C(C)(C)C)C2)CCOC1. The summed E-state index contributed by atoms with van der Waals surface area (Å²) in [5.74, 6) is 0.853. The molecule has 2 unspecified atom stereocenters. The van der Waals surface area contributed by atoms with Gasteiger partial charge in [0.25, 0.3) is 0 Å². The molecule has 3 nitrogen and oxygen atoms in total. The van der Waals surface area contributed by atoms with E-state index in [4.69, 9.17) is 4.74 Å². The molecule has 2 heterocycles. The minimum absolute atomic E-state index is 0.363.